The SMILES string of the molecule is Cc1ccc(-c2cccc(OCc3c(C)cccc3-n3nnn(C)c3=O)c2)s1. The molecule has 0 amide bonds. The second-order valence-electron chi connectivity index (χ2n) is 6.60. The number of aromatic nitrogens is 4. The largest absolute Gasteiger partial charge is 0.489 e. The van der Waals surface area contributed by atoms with E-state index in [1.165, 1.54) is 19.1 Å². The van der Waals surface area contributed by atoms with Crippen molar-refractivity contribution in [2.24, 2.45) is 7.05 Å². The van der Waals surface area contributed by atoms with Crippen molar-refractivity contribution in [3.05, 3.63) is 81.1 Å². The van der Waals surface area contributed by atoms with E-state index < -0.39 is 0 Å². The first-order valence-corrected chi connectivity index (χ1v) is 9.72. The standard InChI is InChI=1S/C21H20N4O2S/c1-14-6-4-9-19(25-21(26)24(3)22-23-25)18(14)13-27-17-8-5-7-16(12-17)20-11-10-15(2)28-20/h4-12H,13H2,1-3H3. The molecular weight excluding hydrogens is 372 g/mol. The van der Waals surface area contributed by atoms with Crippen LogP contribution in [0.15, 0.2) is 59.4 Å². The fourth-order valence-electron chi connectivity index (χ4n) is 3.02. The highest BCUT2D eigenvalue weighted by atomic mass is 32.1. The Morgan fingerprint density at radius 3 is 2.57 bits per heavy atom. The summed E-state index contributed by atoms with van der Waals surface area (Å²) in [6, 6.07) is 18.0. The number of hydrogen-bond acceptors (Lipinski definition) is 5. The average molecular weight is 392 g/mol. The minimum absolute atomic E-state index is 0.290. The van der Waals surface area contributed by atoms with Crippen LogP contribution in [-0.2, 0) is 13.7 Å². The Bertz CT molecular complexity index is 1190. The lowest BCUT2D eigenvalue weighted by Gasteiger charge is -2.13. The molecule has 2 aromatic carbocycles. The highest BCUT2D eigenvalue weighted by Gasteiger charge is 2.13. The van der Waals surface area contributed by atoms with E-state index in [-0.39, 0.29) is 5.69 Å². The average Bonchev–Trinajstić information content (AvgIpc) is 3.27. The lowest BCUT2D eigenvalue weighted by Crippen LogP contribution is -2.23. The fourth-order valence-corrected chi connectivity index (χ4v) is 3.89. The van der Waals surface area contributed by atoms with Crippen LogP contribution in [0.1, 0.15) is 16.0 Å². The molecule has 0 aliphatic rings. The summed E-state index contributed by atoms with van der Waals surface area (Å²) in [5.41, 5.74) is 3.46. The Morgan fingerprint density at radius 2 is 1.86 bits per heavy atom. The lowest BCUT2D eigenvalue weighted by atomic mass is 10.1. The predicted octanol–water partition coefficient (Wildman–Crippen LogP) is 3.89. The summed E-state index contributed by atoms with van der Waals surface area (Å²) in [6.45, 7) is 4.43. The summed E-state index contributed by atoms with van der Waals surface area (Å²) in [4.78, 5) is 14.8. The molecule has 142 valence electrons. The van der Waals surface area contributed by atoms with Crippen LogP contribution in [0.25, 0.3) is 16.1 Å². The van der Waals surface area contributed by atoms with Gasteiger partial charge in [-0.25, -0.2) is 4.79 Å². The maximum Gasteiger partial charge on any atom is 0.368 e. The highest BCUT2D eigenvalue weighted by Crippen LogP contribution is 2.30. The molecule has 0 radical (unpaired) electrons. The van der Waals surface area contributed by atoms with Crippen molar-refractivity contribution in [2.45, 2.75) is 20.5 Å². The number of aryl methyl sites for hydroxylation is 3. The number of benzene rings is 2. The monoisotopic (exact) mass is 392 g/mol. The van der Waals surface area contributed by atoms with Crippen LogP contribution in [0.3, 0.4) is 0 Å². The van der Waals surface area contributed by atoms with Crippen LogP contribution >= 0.6 is 11.3 Å². The minimum Gasteiger partial charge on any atom is -0.489 e. The van der Waals surface area contributed by atoms with Crippen molar-refractivity contribution in [3.63, 3.8) is 0 Å². The van der Waals surface area contributed by atoms with Gasteiger partial charge < -0.3 is 4.74 Å². The van der Waals surface area contributed by atoms with Gasteiger partial charge in [0.15, 0.2) is 0 Å². The van der Waals surface area contributed by atoms with Gasteiger partial charge in [0.1, 0.15) is 12.4 Å². The third-order valence-electron chi connectivity index (χ3n) is 4.58. The Morgan fingerprint density at radius 1 is 1.04 bits per heavy atom. The molecule has 0 saturated heterocycles. The molecule has 2 aromatic heterocycles. The van der Waals surface area contributed by atoms with Gasteiger partial charge in [0.05, 0.1) is 5.69 Å². The zero-order chi connectivity index (χ0) is 19.7. The molecule has 0 fully saturated rings. The highest BCUT2D eigenvalue weighted by molar-refractivity contribution is 7.15. The summed E-state index contributed by atoms with van der Waals surface area (Å²) in [5, 5.41) is 7.77. The van der Waals surface area contributed by atoms with Gasteiger partial charge in [0.2, 0.25) is 0 Å². The summed E-state index contributed by atoms with van der Waals surface area (Å²) >= 11 is 1.76. The van der Waals surface area contributed by atoms with E-state index in [1.54, 1.807) is 18.4 Å². The third-order valence-corrected chi connectivity index (χ3v) is 5.63. The molecule has 2 heterocycles. The number of ether oxygens (including phenoxy) is 1. The molecule has 0 spiro atoms. The van der Waals surface area contributed by atoms with E-state index in [0.29, 0.717) is 12.3 Å². The molecule has 6 nitrogen and oxygen atoms in total. The minimum atomic E-state index is -0.290. The van der Waals surface area contributed by atoms with E-state index in [0.717, 1.165) is 22.4 Å². The van der Waals surface area contributed by atoms with E-state index in [1.807, 2.05) is 43.3 Å². The normalized spacial score (nSPS) is 11.0. The van der Waals surface area contributed by atoms with Gasteiger partial charge in [0, 0.05) is 22.4 Å². The van der Waals surface area contributed by atoms with Gasteiger partial charge in [0.25, 0.3) is 0 Å². The molecule has 4 aromatic rings. The summed E-state index contributed by atoms with van der Waals surface area (Å²) in [7, 11) is 1.58. The van der Waals surface area contributed by atoms with Crippen LogP contribution in [-0.4, -0.2) is 19.8 Å². The van der Waals surface area contributed by atoms with E-state index >= 15 is 0 Å². The van der Waals surface area contributed by atoms with Crippen LogP contribution in [0.4, 0.5) is 0 Å². The van der Waals surface area contributed by atoms with Crippen molar-refractivity contribution < 1.29 is 4.74 Å². The summed E-state index contributed by atoms with van der Waals surface area (Å²) in [5.74, 6) is 0.782. The van der Waals surface area contributed by atoms with E-state index in [4.69, 9.17) is 4.74 Å². The van der Waals surface area contributed by atoms with Crippen LogP contribution < -0.4 is 10.4 Å². The van der Waals surface area contributed by atoms with Gasteiger partial charge in [-0.15, -0.1) is 11.3 Å². The first-order chi connectivity index (χ1) is 13.5. The quantitative estimate of drug-likeness (QED) is 0.517. The molecule has 0 aliphatic carbocycles. The fraction of sp³-hybridized carbons (Fsp3) is 0.190. The molecule has 0 atom stereocenters. The van der Waals surface area contributed by atoms with E-state index in [2.05, 4.69) is 35.5 Å². The van der Waals surface area contributed by atoms with E-state index in [9.17, 15) is 4.79 Å². The zero-order valence-corrected chi connectivity index (χ0v) is 16.7. The number of rotatable bonds is 5. The smallest absolute Gasteiger partial charge is 0.368 e. The summed E-state index contributed by atoms with van der Waals surface area (Å²) < 4.78 is 8.59. The predicted molar refractivity (Wildman–Crippen MR) is 110 cm³/mol. The van der Waals surface area contributed by atoms with Crippen LogP contribution in [0.2, 0.25) is 0 Å². The van der Waals surface area contributed by atoms with Gasteiger partial charge in [-0.05, 0) is 65.7 Å². The molecule has 7 heteroatoms. The molecular formula is C21H20N4O2S. The second kappa shape index (κ2) is 7.44. The van der Waals surface area contributed by atoms with Gasteiger partial charge in [-0.2, -0.15) is 9.36 Å². The van der Waals surface area contributed by atoms with Crippen molar-refractivity contribution in [2.75, 3.05) is 0 Å². The van der Waals surface area contributed by atoms with Crippen molar-refractivity contribution >= 4 is 11.3 Å². The molecule has 0 saturated carbocycles. The number of hydrogen-bond donors (Lipinski definition) is 0. The van der Waals surface area contributed by atoms with Crippen molar-refractivity contribution in [3.8, 4) is 21.9 Å². The van der Waals surface area contributed by atoms with Gasteiger partial charge >= 0.3 is 5.69 Å². The Labute approximate surface area is 166 Å². The second-order valence-corrected chi connectivity index (χ2v) is 7.88. The van der Waals surface area contributed by atoms with Crippen LogP contribution in [0.5, 0.6) is 5.75 Å². The molecule has 28 heavy (non-hydrogen) atoms. The Kier molecular flexibility index (Phi) is 4.83. The first kappa shape index (κ1) is 18.2. The lowest BCUT2D eigenvalue weighted by molar-refractivity contribution is 0.305. The zero-order valence-electron chi connectivity index (χ0n) is 15.9. The van der Waals surface area contributed by atoms with Crippen molar-refractivity contribution in [1.29, 1.82) is 0 Å². The molecule has 0 bridgehead atoms. The molecule has 0 unspecified atom stereocenters. The topological polar surface area (TPSA) is 61.9 Å². The summed E-state index contributed by atoms with van der Waals surface area (Å²) in [6.07, 6.45) is 0. The van der Waals surface area contributed by atoms with Gasteiger partial charge in [-0.3, -0.25) is 0 Å². The Hall–Kier alpha value is -3.19. The number of tetrazole rings is 1. The third kappa shape index (κ3) is 3.48. The molecule has 4 rings (SSSR count). The maximum atomic E-state index is 12.3. The number of thiophene rings is 1. The first-order valence-electron chi connectivity index (χ1n) is 8.90. The molecule has 0 N–H and O–H groups in total. The maximum absolute atomic E-state index is 12.3. The van der Waals surface area contributed by atoms with Crippen molar-refractivity contribution in [1.82, 2.24) is 19.8 Å². The Balaban J connectivity index is 1.63. The molecule has 0 aliphatic heterocycles. The van der Waals surface area contributed by atoms with Crippen LogP contribution in [0, 0.1) is 13.8 Å². The number of nitrogens with zero attached hydrogens (tertiary/aromatic N) is 4. The van der Waals surface area contributed by atoms with Gasteiger partial charge in [-0.1, -0.05) is 24.3 Å².